The third-order valence-electron chi connectivity index (χ3n) is 8.72. The maximum absolute atomic E-state index is 13.0. The summed E-state index contributed by atoms with van der Waals surface area (Å²) in [7, 11) is 1.91. The molecule has 4 aliphatic rings. The molecule has 0 bridgehead atoms. The molecule has 0 spiro atoms. The highest BCUT2D eigenvalue weighted by Crippen LogP contribution is 2.64. The van der Waals surface area contributed by atoms with Crippen molar-refractivity contribution >= 4 is 11.8 Å². The van der Waals surface area contributed by atoms with Crippen molar-refractivity contribution in [1.29, 1.82) is 0 Å². The predicted molar refractivity (Wildman–Crippen MR) is 112 cm³/mol. The molecule has 0 aromatic carbocycles. The zero-order valence-electron chi connectivity index (χ0n) is 18.6. The van der Waals surface area contributed by atoms with Gasteiger partial charge in [-0.1, -0.05) is 26.3 Å². The lowest BCUT2D eigenvalue weighted by atomic mass is 9.48. The van der Waals surface area contributed by atoms with Crippen molar-refractivity contribution in [3.05, 3.63) is 11.6 Å². The molecule has 1 unspecified atom stereocenters. The summed E-state index contributed by atoms with van der Waals surface area (Å²) in [5.41, 5.74) is 0.438. The van der Waals surface area contributed by atoms with Crippen molar-refractivity contribution in [2.45, 2.75) is 91.1 Å². The van der Waals surface area contributed by atoms with Gasteiger partial charge < -0.3 is 10.2 Å². The average Bonchev–Trinajstić information content (AvgIpc) is 2.98. The van der Waals surface area contributed by atoms with E-state index >= 15 is 0 Å². The first-order valence-corrected chi connectivity index (χ1v) is 11.3. The van der Waals surface area contributed by atoms with Gasteiger partial charge >= 0.3 is 0 Å². The number of fused-ring (bicyclic) bond motifs is 5. The van der Waals surface area contributed by atoms with Crippen LogP contribution in [0.2, 0.25) is 0 Å². The van der Waals surface area contributed by atoms with E-state index in [9.17, 15) is 9.59 Å². The Labute approximate surface area is 170 Å². The van der Waals surface area contributed by atoms with E-state index in [1.54, 1.807) is 0 Å². The van der Waals surface area contributed by atoms with Crippen LogP contribution in [0, 0.1) is 28.6 Å². The molecule has 4 heteroatoms. The van der Waals surface area contributed by atoms with Gasteiger partial charge in [0.1, 0.15) is 5.57 Å². The molecule has 0 aromatic heterocycles. The lowest BCUT2D eigenvalue weighted by molar-refractivity contribution is -0.141. The largest absolute Gasteiger partial charge is 0.347 e. The molecule has 156 valence electrons. The smallest absolute Gasteiger partial charge is 0.259 e. The third-order valence-corrected chi connectivity index (χ3v) is 8.72. The second-order valence-electron chi connectivity index (χ2n) is 11.6. The van der Waals surface area contributed by atoms with Gasteiger partial charge in [0.05, 0.1) is 0 Å². The molecular formula is C24H38N2O2. The van der Waals surface area contributed by atoms with Crippen molar-refractivity contribution in [2.75, 3.05) is 7.05 Å². The van der Waals surface area contributed by atoms with Crippen molar-refractivity contribution in [1.82, 2.24) is 10.2 Å². The van der Waals surface area contributed by atoms with Crippen LogP contribution in [-0.4, -0.2) is 35.3 Å². The van der Waals surface area contributed by atoms with E-state index in [0.29, 0.717) is 16.9 Å². The topological polar surface area (TPSA) is 49.4 Å². The standard InChI is InChI=1S/C24H38N2O2/c1-22(2,3)25-20(27)16-14-24(5)18-11-13-23(4)12-7-8-17(23)15(18)9-10-19(24)26(6)21(16)28/h14-15,17-19H,7-13H2,1-6H3,(H,25,27)/t15-,17-,18+,19?,23-,24+/m0/s1. The molecule has 4 nitrogen and oxygen atoms in total. The number of likely N-dealkylation sites (N-methyl/N-ethyl adjacent to an activating group) is 1. The van der Waals surface area contributed by atoms with Crippen molar-refractivity contribution in [3.8, 4) is 0 Å². The summed E-state index contributed by atoms with van der Waals surface area (Å²) in [5.74, 6) is 1.83. The van der Waals surface area contributed by atoms with Gasteiger partial charge in [-0.3, -0.25) is 9.59 Å². The highest BCUT2D eigenvalue weighted by molar-refractivity contribution is 6.19. The molecular weight excluding hydrogens is 348 g/mol. The van der Waals surface area contributed by atoms with Crippen molar-refractivity contribution < 1.29 is 9.59 Å². The molecule has 0 radical (unpaired) electrons. The molecule has 28 heavy (non-hydrogen) atoms. The van der Waals surface area contributed by atoms with Crippen LogP contribution in [0.5, 0.6) is 0 Å². The summed E-state index contributed by atoms with van der Waals surface area (Å²) in [4.78, 5) is 27.9. The lowest BCUT2D eigenvalue weighted by Crippen LogP contribution is -2.61. The van der Waals surface area contributed by atoms with Crippen LogP contribution < -0.4 is 5.32 Å². The van der Waals surface area contributed by atoms with Gasteiger partial charge in [0, 0.05) is 24.0 Å². The second-order valence-corrected chi connectivity index (χ2v) is 11.6. The Morgan fingerprint density at radius 2 is 1.82 bits per heavy atom. The van der Waals surface area contributed by atoms with Gasteiger partial charge in [-0.25, -0.2) is 0 Å². The summed E-state index contributed by atoms with van der Waals surface area (Å²) >= 11 is 0. The SMILES string of the molecule is CN1C(=O)C(C(=O)NC(C)(C)C)=C[C@@]2(C)C1CC[C@@H]1[C@H]2CC[C@]2(C)CCC[C@@H]12. The quantitative estimate of drug-likeness (QED) is 0.683. The van der Waals surface area contributed by atoms with Gasteiger partial charge in [0.15, 0.2) is 0 Å². The number of rotatable bonds is 1. The van der Waals surface area contributed by atoms with E-state index in [0.717, 1.165) is 18.3 Å². The minimum Gasteiger partial charge on any atom is -0.347 e. The summed E-state index contributed by atoms with van der Waals surface area (Å²) in [6.07, 6.45) is 11.1. The van der Waals surface area contributed by atoms with E-state index in [1.807, 2.05) is 32.7 Å². The Kier molecular flexibility index (Phi) is 4.52. The zero-order chi connectivity index (χ0) is 20.5. The lowest BCUT2D eigenvalue weighted by Gasteiger charge is -2.60. The highest BCUT2D eigenvalue weighted by atomic mass is 16.2. The fourth-order valence-corrected chi connectivity index (χ4v) is 7.45. The normalized spacial score (nSPS) is 43.0. The van der Waals surface area contributed by atoms with E-state index < -0.39 is 0 Å². The first kappa shape index (κ1) is 20.0. The molecule has 1 aliphatic heterocycles. The Bertz CT molecular complexity index is 721. The third kappa shape index (κ3) is 2.93. The zero-order valence-corrected chi connectivity index (χ0v) is 18.6. The predicted octanol–water partition coefficient (Wildman–Crippen LogP) is 4.30. The van der Waals surface area contributed by atoms with Gasteiger partial charge in [-0.05, 0) is 82.5 Å². The van der Waals surface area contributed by atoms with Gasteiger partial charge in [0.2, 0.25) is 0 Å². The number of carbonyl (C=O) groups is 2. The van der Waals surface area contributed by atoms with Gasteiger partial charge in [-0.15, -0.1) is 0 Å². The molecule has 1 N–H and O–H groups in total. The van der Waals surface area contributed by atoms with E-state index in [-0.39, 0.29) is 28.8 Å². The summed E-state index contributed by atoms with van der Waals surface area (Å²) in [6, 6.07) is 0.221. The van der Waals surface area contributed by atoms with Crippen LogP contribution in [0.4, 0.5) is 0 Å². The first-order valence-electron chi connectivity index (χ1n) is 11.3. The molecule has 1 heterocycles. The number of carbonyl (C=O) groups excluding carboxylic acids is 2. The van der Waals surface area contributed by atoms with Crippen LogP contribution in [0.25, 0.3) is 0 Å². The number of hydrogen-bond acceptors (Lipinski definition) is 2. The van der Waals surface area contributed by atoms with Crippen molar-refractivity contribution in [3.63, 3.8) is 0 Å². The number of nitrogens with one attached hydrogen (secondary N) is 1. The monoisotopic (exact) mass is 386 g/mol. The second kappa shape index (κ2) is 6.34. The van der Waals surface area contributed by atoms with E-state index in [4.69, 9.17) is 0 Å². The summed E-state index contributed by atoms with van der Waals surface area (Å²) in [5, 5.41) is 3.01. The minimum absolute atomic E-state index is 0.0972. The molecule has 2 amide bonds. The molecule has 6 atom stereocenters. The Balaban J connectivity index is 1.71. The van der Waals surface area contributed by atoms with Crippen LogP contribution in [0.15, 0.2) is 11.6 Å². The first-order chi connectivity index (χ1) is 13.0. The summed E-state index contributed by atoms with van der Waals surface area (Å²) < 4.78 is 0. The van der Waals surface area contributed by atoms with Crippen molar-refractivity contribution in [2.24, 2.45) is 28.6 Å². The average molecular weight is 387 g/mol. The van der Waals surface area contributed by atoms with Crippen LogP contribution >= 0.6 is 0 Å². The fourth-order valence-electron chi connectivity index (χ4n) is 7.45. The maximum Gasteiger partial charge on any atom is 0.259 e. The fraction of sp³-hybridized carbons (Fsp3) is 0.833. The Morgan fingerprint density at radius 3 is 2.50 bits per heavy atom. The Hall–Kier alpha value is -1.32. The molecule has 3 saturated carbocycles. The van der Waals surface area contributed by atoms with Gasteiger partial charge in [0.25, 0.3) is 11.8 Å². The molecule has 3 aliphatic carbocycles. The summed E-state index contributed by atoms with van der Waals surface area (Å²) in [6.45, 7) is 10.7. The van der Waals surface area contributed by atoms with E-state index in [1.165, 1.54) is 38.5 Å². The van der Waals surface area contributed by atoms with Crippen LogP contribution in [-0.2, 0) is 9.59 Å². The number of nitrogens with zero attached hydrogens (tertiary/aromatic N) is 1. The Morgan fingerprint density at radius 1 is 1.11 bits per heavy atom. The molecule has 0 aromatic rings. The maximum atomic E-state index is 13.0. The number of amides is 2. The highest BCUT2D eigenvalue weighted by Gasteiger charge is 2.59. The van der Waals surface area contributed by atoms with Crippen LogP contribution in [0.1, 0.15) is 79.6 Å². The van der Waals surface area contributed by atoms with Crippen LogP contribution in [0.3, 0.4) is 0 Å². The van der Waals surface area contributed by atoms with Gasteiger partial charge in [-0.2, -0.15) is 0 Å². The molecule has 0 saturated heterocycles. The number of hydrogen-bond donors (Lipinski definition) is 1. The van der Waals surface area contributed by atoms with E-state index in [2.05, 4.69) is 25.2 Å². The molecule has 3 fully saturated rings. The minimum atomic E-state index is -0.347. The molecule has 4 rings (SSSR count).